The van der Waals surface area contributed by atoms with Gasteiger partial charge in [0.1, 0.15) is 18.0 Å². The molecule has 228 valence electrons. The van der Waals surface area contributed by atoms with Crippen molar-refractivity contribution in [1.82, 2.24) is 25.6 Å². The first-order chi connectivity index (χ1) is 21.1. The van der Waals surface area contributed by atoms with E-state index in [1.807, 2.05) is 30.3 Å². The first kappa shape index (κ1) is 32.5. The van der Waals surface area contributed by atoms with Crippen LogP contribution >= 0.6 is 11.8 Å². The maximum atomic E-state index is 13.0. The number of hydrazine groups is 1. The number of fused-ring (bicyclic) bond motifs is 2. The van der Waals surface area contributed by atoms with Crippen LogP contribution in [0.4, 0.5) is 15.3 Å². The van der Waals surface area contributed by atoms with Crippen molar-refractivity contribution in [1.29, 1.82) is 0 Å². The number of aliphatic carboxylic acids is 1. The molecule has 4 aliphatic heterocycles. The summed E-state index contributed by atoms with van der Waals surface area (Å²) in [5.74, 6) is -3.06. The van der Waals surface area contributed by atoms with E-state index in [1.165, 1.54) is 23.7 Å². The van der Waals surface area contributed by atoms with Crippen LogP contribution in [0.1, 0.15) is 24.1 Å². The zero-order valence-corrected chi connectivity index (χ0v) is 27.2. The number of β-lactam (4-membered cyclic amide) rings is 1. The number of hydrogen-bond donors (Lipinski definition) is 3. The molecule has 4 heterocycles. The number of esters is 1. The summed E-state index contributed by atoms with van der Waals surface area (Å²) < 4.78 is 4.90. The zero-order valence-electron chi connectivity index (χ0n) is 24.3. The Kier molecular flexibility index (Phi) is 9.55. The van der Waals surface area contributed by atoms with Crippen LogP contribution in [0, 0.1) is 0 Å². The summed E-state index contributed by atoms with van der Waals surface area (Å²) in [6.45, 7) is 1.13. The van der Waals surface area contributed by atoms with Crippen molar-refractivity contribution >= 4 is 53.3 Å². The number of carboxylic acid groups (broad SMARTS) is 1. The van der Waals surface area contributed by atoms with Gasteiger partial charge in [0, 0.05) is 23.9 Å². The second kappa shape index (κ2) is 13.2. The summed E-state index contributed by atoms with van der Waals surface area (Å²) in [6.07, 6.45) is -0.118. The molecule has 3 N–H and O–H groups in total. The van der Waals surface area contributed by atoms with Crippen molar-refractivity contribution in [3.8, 4) is 0 Å². The second-order valence-electron chi connectivity index (χ2n) is 10.6. The molecule has 4 atom stereocenters. The van der Waals surface area contributed by atoms with Crippen LogP contribution in [0.15, 0.2) is 65.9 Å². The second-order valence-corrected chi connectivity index (χ2v) is 11.7. The molecule has 16 heteroatoms. The number of carbonyl (C=O) groups excluding carboxylic acids is 6. The summed E-state index contributed by atoms with van der Waals surface area (Å²) in [5, 5.41) is 17.9. The Bertz CT molecular complexity index is 1610. The van der Waals surface area contributed by atoms with Crippen LogP contribution in [-0.4, -0.2) is 87.0 Å². The minimum Gasteiger partial charge on any atom is -0.543 e. The van der Waals surface area contributed by atoms with Crippen molar-refractivity contribution in [2.45, 2.75) is 36.8 Å². The molecule has 0 saturated carbocycles. The summed E-state index contributed by atoms with van der Waals surface area (Å²) >= 11 is 1.24. The number of rotatable bonds is 8. The number of nitrogens with one attached hydrogen (secondary N) is 3. The summed E-state index contributed by atoms with van der Waals surface area (Å²) in [5.41, 5.74) is 4.93. The average Bonchev–Trinajstić information content (AvgIpc) is 3.23. The molecule has 3 fully saturated rings. The van der Waals surface area contributed by atoms with E-state index in [2.05, 4.69) is 16.1 Å². The SMILES string of the molecule is CC(=O)OCC1=C(C(=O)[O-])N2C(=O)C(NC(=O)Cc3cccc(NC(=O)N4CC5C(c6ccccc6)NN5C4=O)c3)[C@@H]2SC1.[Na+]. The van der Waals surface area contributed by atoms with E-state index < -0.39 is 47.2 Å². The molecule has 6 amide bonds. The van der Waals surface area contributed by atoms with E-state index in [0.717, 1.165) is 15.4 Å². The first-order valence-corrected chi connectivity index (χ1v) is 14.8. The van der Waals surface area contributed by atoms with Crippen LogP contribution in [0.25, 0.3) is 0 Å². The molecule has 0 radical (unpaired) electrons. The Morgan fingerprint density at radius 3 is 2.56 bits per heavy atom. The topological polar surface area (TPSA) is 181 Å². The molecule has 0 aromatic heterocycles. The number of imide groups is 1. The standard InChI is InChI=1S/C29H28N6O8S.Na/c1-15(36)43-13-18-14-44-26-23(25(38)34(26)24(18)27(39)40)31-21(37)11-16-6-5-9-19(10-16)30-28(41)33-12-20-22(32-35(20)29(33)42)17-7-3-2-4-8-17;/h2-10,20,22-23,26,32H,11-14H2,1H3,(H,30,41)(H,31,37)(H,39,40);/q;+1/p-1/t20?,22?,23?,26-;/m0./s1. The largest absolute Gasteiger partial charge is 1.00 e. The van der Waals surface area contributed by atoms with Crippen molar-refractivity contribution in [3.63, 3.8) is 0 Å². The van der Waals surface area contributed by atoms with Crippen LogP contribution in [0.2, 0.25) is 0 Å². The summed E-state index contributed by atoms with van der Waals surface area (Å²) in [6, 6.07) is 14.0. The molecular weight excluding hydrogens is 615 g/mol. The van der Waals surface area contributed by atoms with E-state index >= 15 is 0 Å². The van der Waals surface area contributed by atoms with E-state index in [4.69, 9.17) is 4.74 Å². The molecule has 3 unspecified atom stereocenters. The molecule has 45 heavy (non-hydrogen) atoms. The third kappa shape index (κ3) is 6.31. The van der Waals surface area contributed by atoms with Crippen LogP contribution in [0.3, 0.4) is 0 Å². The first-order valence-electron chi connectivity index (χ1n) is 13.7. The van der Waals surface area contributed by atoms with Gasteiger partial charge in [0.25, 0.3) is 5.91 Å². The third-order valence-corrected chi connectivity index (χ3v) is 9.09. The van der Waals surface area contributed by atoms with Gasteiger partial charge in [-0.3, -0.25) is 24.3 Å². The van der Waals surface area contributed by atoms with E-state index in [-0.39, 0.29) is 78.2 Å². The molecule has 14 nitrogen and oxygen atoms in total. The number of anilines is 1. The minimum atomic E-state index is -1.57. The predicted molar refractivity (Wildman–Crippen MR) is 153 cm³/mol. The zero-order chi connectivity index (χ0) is 31.1. The number of carboxylic acids is 1. The summed E-state index contributed by atoms with van der Waals surface area (Å²) in [7, 11) is 0. The molecule has 3 saturated heterocycles. The minimum absolute atomic E-state index is 0. The third-order valence-electron chi connectivity index (χ3n) is 7.75. The van der Waals surface area contributed by atoms with Gasteiger partial charge >= 0.3 is 47.6 Å². The van der Waals surface area contributed by atoms with Crippen molar-refractivity contribution in [2.24, 2.45) is 0 Å². The number of urea groups is 2. The Balaban J connectivity index is 0.00000400. The van der Waals surface area contributed by atoms with Gasteiger partial charge in [-0.1, -0.05) is 42.5 Å². The van der Waals surface area contributed by atoms with E-state index in [1.54, 1.807) is 24.3 Å². The van der Waals surface area contributed by atoms with Crippen LogP contribution in [0.5, 0.6) is 0 Å². The average molecular weight is 643 g/mol. The molecule has 0 spiro atoms. The van der Waals surface area contributed by atoms with Gasteiger partial charge in [0.15, 0.2) is 0 Å². The Morgan fingerprint density at radius 1 is 1.09 bits per heavy atom. The van der Waals surface area contributed by atoms with Crippen LogP contribution in [-0.2, 0) is 30.3 Å². The van der Waals surface area contributed by atoms with Crippen molar-refractivity contribution in [2.75, 3.05) is 24.2 Å². The fraction of sp³-hybridized carbons (Fsp3) is 0.310. The molecule has 2 aromatic rings. The van der Waals surface area contributed by atoms with Crippen molar-refractivity contribution in [3.05, 3.63) is 77.0 Å². The van der Waals surface area contributed by atoms with E-state index in [0.29, 0.717) is 11.3 Å². The predicted octanol–water partition coefficient (Wildman–Crippen LogP) is -2.90. The number of nitrogens with zero attached hydrogens (tertiary/aromatic N) is 3. The fourth-order valence-electron chi connectivity index (χ4n) is 5.64. The monoisotopic (exact) mass is 642 g/mol. The fourth-order valence-corrected chi connectivity index (χ4v) is 6.96. The van der Waals surface area contributed by atoms with Gasteiger partial charge in [0.05, 0.1) is 36.7 Å². The normalized spacial score (nSPS) is 23.2. The molecule has 0 aliphatic carbocycles. The maximum absolute atomic E-state index is 13.0. The Hall–Kier alpha value is -3.89. The van der Waals surface area contributed by atoms with Gasteiger partial charge in [-0.05, 0) is 23.3 Å². The van der Waals surface area contributed by atoms with Gasteiger partial charge < -0.3 is 25.3 Å². The molecule has 2 aromatic carbocycles. The summed E-state index contributed by atoms with van der Waals surface area (Å²) in [4.78, 5) is 76.6. The van der Waals surface area contributed by atoms with E-state index in [9.17, 15) is 33.9 Å². The number of thioether (sulfide) groups is 1. The number of amides is 6. The molecular formula is C29H27N6NaO8S. The van der Waals surface area contributed by atoms with Crippen molar-refractivity contribution < 1.29 is 68.2 Å². The molecule has 6 rings (SSSR count). The Labute approximate surface area is 283 Å². The maximum Gasteiger partial charge on any atom is 1.00 e. The number of hydrogen-bond acceptors (Lipinski definition) is 10. The number of benzene rings is 2. The molecule has 4 aliphatic rings. The van der Waals surface area contributed by atoms with Gasteiger partial charge in [-0.15, -0.1) is 11.8 Å². The number of carbonyl (C=O) groups is 6. The molecule has 0 bridgehead atoms. The van der Waals surface area contributed by atoms with Gasteiger partial charge in [-0.2, -0.15) is 0 Å². The van der Waals surface area contributed by atoms with Gasteiger partial charge in [0.2, 0.25) is 5.91 Å². The van der Waals surface area contributed by atoms with Crippen LogP contribution < -0.4 is 50.7 Å². The Morgan fingerprint density at radius 2 is 1.84 bits per heavy atom. The van der Waals surface area contributed by atoms with Gasteiger partial charge in [-0.25, -0.2) is 19.9 Å². The quantitative estimate of drug-likeness (QED) is 0.154. The number of ether oxygens (including phenoxy) is 1. The smallest absolute Gasteiger partial charge is 0.543 e.